The third kappa shape index (κ3) is 2.23. The second-order valence-corrected chi connectivity index (χ2v) is 5.13. The molecule has 0 spiro atoms. The molecule has 5 heteroatoms. The number of benzene rings is 1. The summed E-state index contributed by atoms with van der Waals surface area (Å²) in [6, 6.07) is 10.5. The van der Waals surface area contributed by atoms with Crippen molar-refractivity contribution in [1.82, 2.24) is 9.36 Å². The average molecular weight is 261 g/mol. The number of nitrogens with zero attached hydrogens (tertiary/aromatic N) is 3. The summed E-state index contributed by atoms with van der Waals surface area (Å²) in [6.45, 7) is 1.64. The fourth-order valence-electron chi connectivity index (χ4n) is 2.05. The summed E-state index contributed by atoms with van der Waals surface area (Å²) in [4.78, 5) is 6.78. The van der Waals surface area contributed by atoms with Crippen LogP contribution in [0.3, 0.4) is 0 Å². The monoisotopic (exact) mass is 261 g/mol. The number of rotatable bonds is 3. The Morgan fingerprint density at radius 2 is 2.17 bits per heavy atom. The Morgan fingerprint density at radius 3 is 2.89 bits per heavy atom. The molecule has 4 nitrogen and oxygen atoms in total. The van der Waals surface area contributed by atoms with Gasteiger partial charge in [0, 0.05) is 30.8 Å². The molecule has 1 fully saturated rings. The van der Waals surface area contributed by atoms with Gasteiger partial charge in [0.1, 0.15) is 0 Å². The zero-order valence-corrected chi connectivity index (χ0v) is 11.1. The van der Waals surface area contributed by atoms with E-state index in [4.69, 9.17) is 4.74 Å². The normalized spacial score (nSPS) is 19.1. The van der Waals surface area contributed by atoms with Crippen molar-refractivity contribution < 1.29 is 4.74 Å². The minimum Gasteiger partial charge on any atom is -0.379 e. The molecular weight excluding hydrogens is 246 g/mol. The molecule has 1 aliphatic rings. The fraction of sp³-hybridized carbons (Fsp3) is 0.385. The maximum absolute atomic E-state index is 5.41. The molecule has 1 atom stereocenters. The van der Waals surface area contributed by atoms with Crippen LogP contribution in [0.25, 0.3) is 11.4 Å². The molecule has 0 amide bonds. The van der Waals surface area contributed by atoms with Gasteiger partial charge in [0.15, 0.2) is 5.82 Å². The average Bonchev–Trinajstić information content (AvgIpc) is 3.10. The van der Waals surface area contributed by atoms with Crippen molar-refractivity contribution in [1.29, 1.82) is 0 Å². The van der Waals surface area contributed by atoms with Crippen molar-refractivity contribution in [2.24, 2.45) is 0 Å². The maximum atomic E-state index is 5.41. The Hall–Kier alpha value is -1.46. The second kappa shape index (κ2) is 5.04. The number of hydrogen-bond donors (Lipinski definition) is 0. The Labute approximate surface area is 110 Å². The first kappa shape index (κ1) is 11.6. The largest absolute Gasteiger partial charge is 0.379 e. The molecule has 0 radical (unpaired) electrons. The minimum absolute atomic E-state index is 0.432. The molecule has 1 saturated heterocycles. The Balaban J connectivity index is 1.81. The van der Waals surface area contributed by atoms with Gasteiger partial charge in [-0.3, -0.25) is 0 Å². The zero-order valence-electron chi connectivity index (χ0n) is 10.2. The SMILES string of the molecule is CN(c1nc(-c2ccccc2)ns1)C1CCOC1. The van der Waals surface area contributed by atoms with E-state index in [0.717, 1.165) is 36.2 Å². The maximum Gasteiger partial charge on any atom is 0.205 e. The highest BCUT2D eigenvalue weighted by Crippen LogP contribution is 2.25. The molecule has 0 aliphatic carbocycles. The van der Waals surface area contributed by atoms with E-state index in [-0.39, 0.29) is 0 Å². The molecule has 3 rings (SSSR count). The van der Waals surface area contributed by atoms with Crippen molar-refractivity contribution in [2.45, 2.75) is 12.5 Å². The lowest BCUT2D eigenvalue weighted by Crippen LogP contribution is -2.31. The molecule has 18 heavy (non-hydrogen) atoms. The van der Waals surface area contributed by atoms with Gasteiger partial charge >= 0.3 is 0 Å². The summed E-state index contributed by atoms with van der Waals surface area (Å²) < 4.78 is 9.83. The van der Waals surface area contributed by atoms with Crippen LogP contribution < -0.4 is 4.90 Å². The van der Waals surface area contributed by atoms with Crippen LogP contribution in [0.1, 0.15) is 6.42 Å². The molecule has 0 saturated carbocycles. The predicted octanol–water partition coefficient (Wildman–Crippen LogP) is 2.43. The summed E-state index contributed by atoms with van der Waals surface area (Å²) in [7, 11) is 2.06. The number of likely N-dealkylation sites (N-methyl/N-ethyl adjacent to an activating group) is 1. The predicted molar refractivity (Wildman–Crippen MR) is 73.0 cm³/mol. The van der Waals surface area contributed by atoms with Crippen LogP contribution in [-0.4, -0.2) is 35.7 Å². The Kier molecular flexibility index (Phi) is 3.25. The van der Waals surface area contributed by atoms with Crippen molar-refractivity contribution in [2.75, 3.05) is 25.2 Å². The Bertz CT molecular complexity index is 508. The first-order valence-electron chi connectivity index (χ1n) is 6.04. The molecule has 0 bridgehead atoms. The van der Waals surface area contributed by atoms with E-state index in [9.17, 15) is 0 Å². The molecule has 2 aromatic rings. The first-order valence-corrected chi connectivity index (χ1v) is 6.81. The summed E-state index contributed by atoms with van der Waals surface area (Å²) in [5.74, 6) is 0.807. The van der Waals surface area contributed by atoms with E-state index in [1.54, 1.807) is 0 Å². The zero-order chi connectivity index (χ0) is 12.4. The smallest absolute Gasteiger partial charge is 0.205 e. The van der Waals surface area contributed by atoms with Crippen LogP contribution in [0.15, 0.2) is 30.3 Å². The van der Waals surface area contributed by atoms with Crippen LogP contribution in [-0.2, 0) is 4.74 Å². The van der Waals surface area contributed by atoms with Crippen LogP contribution in [0.4, 0.5) is 5.13 Å². The van der Waals surface area contributed by atoms with Gasteiger partial charge in [-0.2, -0.15) is 9.36 Å². The van der Waals surface area contributed by atoms with Crippen LogP contribution in [0, 0.1) is 0 Å². The summed E-state index contributed by atoms with van der Waals surface area (Å²) in [5.41, 5.74) is 1.07. The third-order valence-corrected chi connectivity index (χ3v) is 4.01. The highest BCUT2D eigenvalue weighted by atomic mass is 32.1. The van der Waals surface area contributed by atoms with Gasteiger partial charge in [-0.05, 0) is 6.42 Å². The van der Waals surface area contributed by atoms with Gasteiger partial charge in [-0.15, -0.1) is 0 Å². The summed E-state index contributed by atoms with van der Waals surface area (Å²) >= 11 is 1.45. The molecule has 1 aromatic heterocycles. The highest BCUT2D eigenvalue weighted by Gasteiger charge is 2.23. The van der Waals surface area contributed by atoms with Gasteiger partial charge in [-0.25, -0.2) is 0 Å². The van der Waals surface area contributed by atoms with Crippen LogP contribution in [0.5, 0.6) is 0 Å². The lowest BCUT2D eigenvalue weighted by molar-refractivity contribution is 0.193. The molecular formula is C13H15N3OS. The van der Waals surface area contributed by atoms with E-state index in [2.05, 4.69) is 21.3 Å². The number of aromatic nitrogens is 2. The van der Waals surface area contributed by atoms with Crippen molar-refractivity contribution in [3.8, 4) is 11.4 Å². The molecule has 2 heterocycles. The van der Waals surface area contributed by atoms with Gasteiger partial charge in [0.05, 0.1) is 12.6 Å². The Morgan fingerprint density at radius 1 is 1.33 bits per heavy atom. The van der Waals surface area contributed by atoms with Gasteiger partial charge in [0.2, 0.25) is 5.13 Å². The van der Waals surface area contributed by atoms with Gasteiger partial charge in [-0.1, -0.05) is 30.3 Å². The third-order valence-electron chi connectivity index (χ3n) is 3.20. The standard InChI is InChI=1S/C13H15N3OS/c1-16(11-7-8-17-9-11)13-14-12(15-18-13)10-5-3-2-4-6-10/h2-6,11H,7-9H2,1H3. The second-order valence-electron chi connectivity index (χ2n) is 4.39. The van der Waals surface area contributed by atoms with Gasteiger partial charge in [0.25, 0.3) is 0 Å². The van der Waals surface area contributed by atoms with Crippen LogP contribution >= 0.6 is 11.5 Å². The lowest BCUT2D eigenvalue weighted by Gasteiger charge is -2.21. The molecule has 0 N–H and O–H groups in total. The minimum atomic E-state index is 0.432. The quantitative estimate of drug-likeness (QED) is 0.850. The van der Waals surface area contributed by atoms with E-state index >= 15 is 0 Å². The van der Waals surface area contributed by atoms with E-state index in [1.807, 2.05) is 30.3 Å². The lowest BCUT2D eigenvalue weighted by atomic mass is 10.2. The number of ether oxygens (including phenoxy) is 1. The molecule has 94 valence electrons. The summed E-state index contributed by atoms with van der Waals surface area (Å²) in [6.07, 6.45) is 1.07. The topological polar surface area (TPSA) is 38.2 Å². The van der Waals surface area contributed by atoms with Gasteiger partial charge < -0.3 is 9.64 Å². The highest BCUT2D eigenvalue weighted by molar-refractivity contribution is 7.09. The molecule has 1 aliphatic heterocycles. The molecule has 1 aromatic carbocycles. The van der Waals surface area contributed by atoms with Crippen molar-refractivity contribution >= 4 is 16.7 Å². The summed E-state index contributed by atoms with van der Waals surface area (Å²) in [5, 5.41) is 0.962. The van der Waals surface area contributed by atoms with Crippen molar-refractivity contribution in [3.63, 3.8) is 0 Å². The fourth-order valence-corrected chi connectivity index (χ4v) is 2.77. The van der Waals surface area contributed by atoms with E-state index in [1.165, 1.54) is 11.5 Å². The molecule has 1 unspecified atom stereocenters. The van der Waals surface area contributed by atoms with Crippen molar-refractivity contribution in [3.05, 3.63) is 30.3 Å². The number of hydrogen-bond acceptors (Lipinski definition) is 5. The van der Waals surface area contributed by atoms with E-state index < -0.39 is 0 Å². The first-order chi connectivity index (χ1) is 8.84. The van der Waals surface area contributed by atoms with Crippen LogP contribution in [0.2, 0.25) is 0 Å². The number of anilines is 1. The van der Waals surface area contributed by atoms with E-state index in [0.29, 0.717) is 6.04 Å².